The Morgan fingerprint density at radius 2 is 1.04 bits per heavy atom. The molecule has 0 unspecified atom stereocenters. The number of allylic oxidation sites excluding steroid dienone is 4. The SMILES string of the molecule is CCCC[C](CCCC)=[Zr+2]([C]1=CC=CC1)[CH]1c2cc(-c3ccc(C)cc3)c(C(C)(C)C)cc2-c2cc(C(C)(C)C)c(-c3ccc(C)cc3)cc21.[Cl-].[Cl-]. The molecule has 0 saturated heterocycles. The predicted molar refractivity (Wildman–Crippen MR) is 217 cm³/mol. The quantitative estimate of drug-likeness (QED) is 0.151. The van der Waals surface area contributed by atoms with E-state index in [0.29, 0.717) is 3.63 Å². The van der Waals surface area contributed by atoms with Crippen LogP contribution in [0.5, 0.6) is 0 Å². The van der Waals surface area contributed by atoms with Crippen molar-refractivity contribution in [3.05, 3.63) is 128 Å². The van der Waals surface area contributed by atoms with E-state index < -0.39 is 21.3 Å². The summed E-state index contributed by atoms with van der Waals surface area (Å²) < 4.78 is 4.24. The van der Waals surface area contributed by atoms with Gasteiger partial charge >= 0.3 is 314 Å². The topological polar surface area (TPSA) is 0 Å². The zero-order valence-corrected chi connectivity index (χ0v) is 37.4. The maximum atomic E-state index is 2.69. The van der Waals surface area contributed by atoms with Crippen molar-refractivity contribution in [3.8, 4) is 33.4 Å². The van der Waals surface area contributed by atoms with Crippen molar-refractivity contribution in [1.29, 1.82) is 0 Å². The van der Waals surface area contributed by atoms with Crippen LogP contribution in [-0.4, -0.2) is 3.21 Å². The Kier molecular flexibility index (Phi) is 14.2. The van der Waals surface area contributed by atoms with Crippen LogP contribution < -0.4 is 24.8 Å². The van der Waals surface area contributed by atoms with E-state index in [4.69, 9.17) is 0 Å². The monoisotopic (exact) mass is 808 g/mol. The molecule has 52 heavy (non-hydrogen) atoms. The maximum Gasteiger partial charge on any atom is -1.00 e. The minimum Gasteiger partial charge on any atom is -1.00 e. The van der Waals surface area contributed by atoms with E-state index in [2.05, 4.69) is 160 Å². The van der Waals surface area contributed by atoms with Crippen LogP contribution in [0.4, 0.5) is 0 Å². The number of aryl methyl sites for hydroxylation is 2. The fourth-order valence-electron chi connectivity index (χ4n) is 8.28. The zero-order valence-electron chi connectivity index (χ0n) is 33.4. The number of fused-ring (bicyclic) bond motifs is 3. The fourth-order valence-corrected chi connectivity index (χ4v) is 17.7. The second-order valence-electron chi connectivity index (χ2n) is 17.2. The van der Waals surface area contributed by atoms with E-state index in [1.165, 1.54) is 94.2 Å². The van der Waals surface area contributed by atoms with Gasteiger partial charge in [-0.3, -0.25) is 0 Å². The number of hydrogen-bond donors (Lipinski definition) is 0. The second kappa shape index (κ2) is 17.4. The van der Waals surface area contributed by atoms with E-state index in [1.807, 2.05) is 3.21 Å². The minimum absolute atomic E-state index is 0. The van der Waals surface area contributed by atoms with Crippen LogP contribution in [0.2, 0.25) is 0 Å². The molecule has 0 aliphatic heterocycles. The Morgan fingerprint density at radius 1 is 0.615 bits per heavy atom. The molecule has 0 radical (unpaired) electrons. The van der Waals surface area contributed by atoms with Crippen molar-refractivity contribution in [3.63, 3.8) is 0 Å². The molecule has 0 bridgehead atoms. The third kappa shape index (κ3) is 8.80. The molecule has 0 atom stereocenters. The second-order valence-corrected chi connectivity index (χ2v) is 24.0. The first kappa shape index (κ1) is 42.4. The van der Waals surface area contributed by atoms with Crippen LogP contribution in [0.1, 0.15) is 137 Å². The largest absolute Gasteiger partial charge is 1.00 e. The number of rotatable bonds is 10. The van der Waals surface area contributed by atoms with Gasteiger partial charge in [0.25, 0.3) is 0 Å². The van der Waals surface area contributed by atoms with Gasteiger partial charge in [-0.2, -0.15) is 0 Å². The molecule has 4 aromatic carbocycles. The molecule has 0 spiro atoms. The van der Waals surface area contributed by atoms with Crippen molar-refractivity contribution in [2.75, 3.05) is 0 Å². The number of unbranched alkanes of at least 4 members (excludes halogenated alkanes) is 2. The van der Waals surface area contributed by atoms with Gasteiger partial charge in [-0.15, -0.1) is 0 Å². The van der Waals surface area contributed by atoms with Crippen LogP contribution in [0, 0.1) is 13.8 Å². The van der Waals surface area contributed by atoms with Gasteiger partial charge in [0.1, 0.15) is 0 Å². The van der Waals surface area contributed by atoms with Gasteiger partial charge in [-0.25, -0.2) is 0 Å². The summed E-state index contributed by atoms with van der Waals surface area (Å²) in [6.45, 7) is 23.6. The van der Waals surface area contributed by atoms with E-state index >= 15 is 0 Å². The van der Waals surface area contributed by atoms with Gasteiger partial charge in [0.15, 0.2) is 0 Å². The summed E-state index contributed by atoms with van der Waals surface area (Å²) in [5.41, 5.74) is 17.3. The molecular weight excluding hydrogens is 751 g/mol. The van der Waals surface area contributed by atoms with Crippen molar-refractivity contribution >= 4 is 3.21 Å². The van der Waals surface area contributed by atoms with Crippen molar-refractivity contribution in [2.24, 2.45) is 0 Å². The average Bonchev–Trinajstić information content (AvgIpc) is 3.71. The molecule has 0 fully saturated rings. The third-order valence-electron chi connectivity index (χ3n) is 11.1. The van der Waals surface area contributed by atoms with Crippen LogP contribution in [0.15, 0.2) is 94.3 Å². The molecule has 2 aliphatic rings. The van der Waals surface area contributed by atoms with Gasteiger partial charge < -0.3 is 24.8 Å². The summed E-state index contributed by atoms with van der Waals surface area (Å²) in [6, 6.07) is 29.3. The number of hydrogen-bond acceptors (Lipinski definition) is 0. The maximum absolute atomic E-state index is 2.69. The van der Waals surface area contributed by atoms with Crippen LogP contribution >= 0.6 is 0 Å². The Hall–Kier alpha value is -2.31. The normalized spacial score (nSPS) is 13.4. The molecule has 4 aromatic rings. The average molecular weight is 811 g/mol. The van der Waals surface area contributed by atoms with Gasteiger partial charge in [0, 0.05) is 0 Å². The van der Waals surface area contributed by atoms with Crippen LogP contribution in [0.25, 0.3) is 33.4 Å². The summed E-state index contributed by atoms with van der Waals surface area (Å²) >= 11 is -2.48. The van der Waals surface area contributed by atoms with E-state index in [-0.39, 0.29) is 35.6 Å². The molecule has 0 nitrogen and oxygen atoms in total. The molecule has 2 aliphatic carbocycles. The molecule has 6 rings (SSSR count). The van der Waals surface area contributed by atoms with Crippen LogP contribution in [0.3, 0.4) is 0 Å². The number of halogens is 2. The van der Waals surface area contributed by atoms with Gasteiger partial charge in [0.2, 0.25) is 0 Å². The summed E-state index contributed by atoms with van der Waals surface area (Å²) in [5.74, 6) is 0. The van der Waals surface area contributed by atoms with Gasteiger partial charge in [0.05, 0.1) is 0 Å². The van der Waals surface area contributed by atoms with Crippen molar-refractivity contribution < 1.29 is 46.1 Å². The van der Waals surface area contributed by atoms with Crippen LogP contribution in [-0.2, 0) is 32.1 Å². The standard InChI is InChI=1S/C35H37.C9H18.C5H5.2ClH.Zr/c1-22-9-13-24(14-10-22)30-18-26-17-27-19-31(25-15-11-23(2)12-16-25)33(35(6,7)8)21-29(27)28(26)20-32(30)34(3,4)5;1-3-5-7-9-8-6-4-2;1-2-4-5-3-1;;;/h9-21H,1-8H3;3-8H2,1-2H3;1-3H,4H2;2*1H;/q;;;;;+2/p-2. The van der Waals surface area contributed by atoms with E-state index in [9.17, 15) is 0 Å². The zero-order chi connectivity index (χ0) is 35.8. The Balaban J connectivity index is 0.00000302. The molecule has 3 heteroatoms. The molecule has 0 amide bonds. The summed E-state index contributed by atoms with van der Waals surface area (Å²) in [6.07, 6.45) is 16.3. The molecule has 0 aromatic heterocycles. The predicted octanol–water partition coefficient (Wildman–Crippen LogP) is 8.33. The summed E-state index contributed by atoms with van der Waals surface area (Å²) in [5, 5.41) is 0. The van der Waals surface area contributed by atoms with Crippen molar-refractivity contribution in [1.82, 2.24) is 0 Å². The number of benzene rings is 4. The minimum atomic E-state index is -2.48. The first-order chi connectivity index (χ1) is 23.8. The summed E-state index contributed by atoms with van der Waals surface area (Å²) in [4.78, 5) is 0. The Labute approximate surface area is 336 Å². The summed E-state index contributed by atoms with van der Waals surface area (Å²) in [7, 11) is 0. The first-order valence-electron chi connectivity index (χ1n) is 19.4. The fraction of sp³-hybridized carbons (Fsp3) is 0.408. The molecular formula is C49H60Cl2Zr. The molecule has 0 saturated carbocycles. The molecule has 0 N–H and O–H groups in total. The first-order valence-corrected chi connectivity index (χ1v) is 23.3. The van der Waals surface area contributed by atoms with E-state index in [0.717, 1.165) is 6.42 Å². The molecule has 274 valence electrons. The smallest absolute Gasteiger partial charge is 1.00 e. The van der Waals surface area contributed by atoms with E-state index in [1.54, 1.807) is 14.4 Å². The third-order valence-corrected chi connectivity index (χ3v) is 19.7. The van der Waals surface area contributed by atoms with Crippen molar-refractivity contribution in [2.45, 2.75) is 129 Å². The van der Waals surface area contributed by atoms with Gasteiger partial charge in [-0.1, -0.05) is 0 Å². The Bertz CT molecular complexity index is 1840. The molecule has 0 heterocycles. The Morgan fingerprint density at radius 3 is 1.38 bits per heavy atom. The van der Waals surface area contributed by atoms with Gasteiger partial charge in [-0.05, 0) is 0 Å².